The monoisotopic (exact) mass is 373 g/mol. The number of halogens is 1. The van der Waals surface area contributed by atoms with Crippen LogP contribution < -0.4 is 10.5 Å². The predicted octanol–water partition coefficient (Wildman–Crippen LogP) is 3.30. The Bertz CT molecular complexity index is 717. The third kappa shape index (κ3) is 3.92. The number of rotatable bonds is 5. The zero-order chi connectivity index (χ0) is 15.5. The summed E-state index contributed by atoms with van der Waals surface area (Å²) in [5, 5.41) is 0. The molecule has 3 rings (SSSR count). The first kappa shape index (κ1) is 18.4. The normalized spacial score (nSPS) is 16.3. The van der Waals surface area contributed by atoms with Crippen molar-refractivity contribution < 1.29 is 8.92 Å². The Kier molecular flexibility index (Phi) is 6.55. The molecule has 1 aromatic heterocycles. The Labute approximate surface area is 151 Å². The number of nitrogens with zero attached hydrogens (tertiary/aromatic N) is 1. The molecule has 0 saturated heterocycles. The summed E-state index contributed by atoms with van der Waals surface area (Å²) in [6.45, 7) is 1.22. The van der Waals surface area contributed by atoms with Crippen molar-refractivity contribution in [3.8, 4) is 5.75 Å². The molecule has 1 aliphatic rings. The first-order valence-corrected chi connectivity index (χ1v) is 8.33. The molecule has 0 aliphatic carbocycles. The Hall–Kier alpha value is -0.990. The molecule has 0 amide bonds. The molecule has 2 aromatic rings. The third-order valence-electron chi connectivity index (χ3n) is 3.75. The van der Waals surface area contributed by atoms with Gasteiger partial charge in [0.25, 0.3) is 0 Å². The van der Waals surface area contributed by atoms with Crippen molar-refractivity contribution in [2.24, 2.45) is 5.73 Å². The van der Waals surface area contributed by atoms with Crippen LogP contribution in [0.2, 0.25) is 0 Å². The average molecular weight is 374 g/mol. The van der Waals surface area contributed by atoms with Crippen molar-refractivity contribution >= 4 is 36.7 Å². The summed E-state index contributed by atoms with van der Waals surface area (Å²) in [5.41, 5.74) is 8.00. The van der Waals surface area contributed by atoms with Gasteiger partial charge in [0.15, 0.2) is 4.77 Å². The van der Waals surface area contributed by atoms with Crippen LogP contribution in [0.25, 0.3) is 0 Å². The number of benzene rings is 1. The molecule has 0 saturated carbocycles. The quantitative estimate of drug-likeness (QED) is 0.621. The topological polar surface area (TPSA) is 65.2 Å². The summed E-state index contributed by atoms with van der Waals surface area (Å²) in [5.74, 6) is 0.944. The van der Waals surface area contributed by atoms with Gasteiger partial charge in [-0.15, -0.1) is 12.4 Å². The van der Waals surface area contributed by atoms with Crippen LogP contribution in [0.5, 0.6) is 5.75 Å². The second-order valence-corrected chi connectivity index (χ2v) is 6.54. The number of fused-ring (bicyclic) bond motifs is 1. The highest BCUT2D eigenvalue weighted by atomic mass is 35.5. The fraction of sp³-hybridized carbons (Fsp3) is 0.400. The van der Waals surface area contributed by atoms with Gasteiger partial charge in [0.1, 0.15) is 12.4 Å². The summed E-state index contributed by atoms with van der Waals surface area (Å²) in [6.07, 6.45) is 3.63. The van der Waals surface area contributed by atoms with Crippen LogP contribution in [0, 0.1) is 4.77 Å². The number of H-pyrrole nitrogens is 1. The number of ether oxygens (including phenoxy) is 1. The number of nitrogens with one attached hydrogen (secondary N) is 1. The Balaban J connectivity index is 0.00000192. The summed E-state index contributed by atoms with van der Waals surface area (Å²) in [4.78, 5) is 4.19. The van der Waals surface area contributed by atoms with Gasteiger partial charge >= 0.3 is 0 Å². The molecular weight excluding hydrogens is 354 g/mol. The Morgan fingerprint density at radius 2 is 2.35 bits per heavy atom. The molecule has 0 bridgehead atoms. The van der Waals surface area contributed by atoms with Crippen LogP contribution in [-0.4, -0.2) is 29.8 Å². The molecule has 5 nitrogen and oxygen atoms in total. The predicted molar refractivity (Wildman–Crippen MR) is 97.2 cm³/mol. The zero-order valence-electron chi connectivity index (χ0n) is 12.8. The van der Waals surface area contributed by atoms with Gasteiger partial charge in [-0.05, 0) is 42.5 Å². The van der Waals surface area contributed by atoms with E-state index in [1.165, 1.54) is 17.6 Å². The minimum atomic E-state index is 0. The molecule has 1 unspecified atom stereocenters. The lowest BCUT2D eigenvalue weighted by Gasteiger charge is -2.28. The molecule has 1 atom stereocenters. The Morgan fingerprint density at radius 3 is 3.09 bits per heavy atom. The molecule has 2 heterocycles. The van der Waals surface area contributed by atoms with E-state index in [4.69, 9.17) is 26.9 Å². The second kappa shape index (κ2) is 8.21. The minimum Gasteiger partial charge on any atom is -0.491 e. The summed E-state index contributed by atoms with van der Waals surface area (Å²) in [6, 6.07) is 6.32. The van der Waals surface area contributed by atoms with E-state index in [0.29, 0.717) is 13.2 Å². The fourth-order valence-electron chi connectivity index (χ4n) is 2.82. The summed E-state index contributed by atoms with van der Waals surface area (Å²) < 4.78 is 13.9. The van der Waals surface area contributed by atoms with Crippen LogP contribution in [0.1, 0.15) is 17.3 Å². The van der Waals surface area contributed by atoms with E-state index in [2.05, 4.69) is 15.6 Å². The zero-order valence-corrected chi connectivity index (χ0v) is 15.2. The molecule has 1 aromatic carbocycles. The minimum absolute atomic E-state index is 0. The van der Waals surface area contributed by atoms with Crippen molar-refractivity contribution in [3.05, 3.63) is 40.4 Å². The summed E-state index contributed by atoms with van der Waals surface area (Å²) >= 11 is 6.78. The van der Waals surface area contributed by atoms with E-state index in [9.17, 15) is 0 Å². The first-order chi connectivity index (χ1) is 10.7. The van der Waals surface area contributed by atoms with Gasteiger partial charge in [0, 0.05) is 41.7 Å². The highest BCUT2D eigenvalue weighted by Gasteiger charge is 2.24. The standard InChI is InChI=1S/C15H19N3O2S2.ClH/c1-19-22-13-2-3-14-10(7-13)6-12(9-20-14)18-11(4-5-16)8-17-15(18)21;/h2-3,7-8,12H,4-6,9,16H2,1H3,(H,17,21);1H. The number of nitrogens with two attached hydrogens (primary N) is 1. The van der Waals surface area contributed by atoms with E-state index >= 15 is 0 Å². The van der Waals surface area contributed by atoms with Crippen molar-refractivity contribution in [3.63, 3.8) is 0 Å². The average Bonchev–Trinajstić information content (AvgIpc) is 2.88. The maximum Gasteiger partial charge on any atom is 0.177 e. The molecular formula is C15H20ClN3O2S2. The van der Waals surface area contributed by atoms with E-state index < -0.39 is 0 Å². The molecule has 3 N–H and O–H groups in total. The van der Waals surface area contributed by atoms with Gasteiger partial charge in [-0.2, -0.15) is 0 Å². The van der Waals surface area contributed by atoms with E-state index in [1.54, 1.807) is 7.11 Å². The van der Waals surface area contributed by atoms with E-state index in [0.717, 1.165) is 34.0 Å². The number of aromatic amines is 1. The lowest BCUT2D eigenvalue weighted by Crippen LogP contribution is -2.26. The maximum atomic E-state index is 5.92. The van der Waals surface area contributed by atoms with Crippen LogP contribution >= 0.6 is 36.7 Å². The first-order valence-electron chi connectivity index (χ1n) is 7.18. The van der Waals surface area contributed by atoms with Crippen molar-refractivity contribution in [2.45, 2.75) is 23.8 Å². The van der Waals surface area contributed by atoms with Gasteiger partial charge in [0.05, 0.1) is 13.2 Å². The third-order valence-corrected chi connectivity index (χ3v) is 4.68. The van der Waals surface area contributed by atoms with Gasteiger partial charge < -0.3 is 24.2 Å². The maximum absolute atomic E-state index is 5.92. The second-order valence-electron chi connectivity index (χ2n) is 5.18. The lowest BCUT2D eigenvalue weighted by molar-refractivity contribution is 0.220. The van der Waals surface area contributed by atoms with Gasteiger partial charge in [-0.1, -0.05) is 0 Å². The SMILES string of the molecule is COSc1ccc2c(c1)CC(n1c(CCN)c[nH]c1=S)CO2.Cl. The van der Waals surface area contributed by atoms with Crippen molar-refractivity contribution in [1.82, 2.24) is 9.55 Å². The molecule has 0 fully saturated rings. The largest absolute Gasteiger partial charge is 0.491 e. The van der Waals surface area contributed by atoms with Gasteiger partial charge in [0.2, 0.25) is 0 Å². The van der Waals surface area contributed by atoms with Crippen molar-refractivity contribution in [2.75, 3.05) is 20.3 Å². The highest BCUT2D eigenvalue weighted by Crippen LogP contribution is 2.33. The summed E-state index contributed by atoms with van der Waals surface area (Å²) in [7, 11) is 1.67. The smallest absolute Gasteiger partial charge is 0.177 e. The van der Waals surface area contributed by atoms with Gasteiger partial charge in [-0.3, -0.25) is 0 Å². The van der Waals surface area contributed by atoms with E-state index in [1.807, 2.05) is 18.3 Å². The number of imidazole rings is 1. The van der Waals surface area contributed by atoms with E-state index in [-0.39, 0.29) is 18.4 Å². The lowest BCUT2D eigenvalue weighted by atomic mass is 10.0. The molecule has 0 radical (unpaired) electrons. The molecule has 23 heavy (non-hydrogen) atoms. The highest BCUT2D eigenvalue weighted by molar-refractivity contribution is 7.94. The molecule has 126 valence electrons. The molecule has 8 heteroatoms. The van der Waals surface area contributed by atoms with Crippen molar-refractivity contribution in [1.29, 1.82) is 0 Å². The molecule has 1 aliphatic heterocycles. The van der Waals surface area contributed by atoms with Crippen LogP contribution in [0.4, 0.5) is 0 Å². The fourth-order valence-corrected chi connectivity index (χ4v) is 3.66. The number of hydrogen-bond acceptors (Lipinski definition) is 5. The van der Waals surface area contributed by atoms with Crippen LogP contribution in [0.3, 0.4) is 0 Å². The molecule has 0 spiro atoms. The van der Waals surface area contributed by atoms with Crippen LogP contribution in [0.15, 0.2) is 29.3 Å². The number of hydrogen-bond donors (Lipinski definition) is 2. The number of aromatic nitrogens is 2. The Morgan fingerprint density at radius 1 is 1.52 bits per heavy atom. The van der Waals surface area contributed by atoms with Gasteiger partial charge in [-0.25, -0.2) is 0 Å². The van der Waals surface area contributed by atoms with Crippen LogP contribution in [-0.2, 0) is 17.0 Å².